The van der Waals surface area contributed by atoms with E-state index >= 15 is 0 Å². The molecule has 4 nitrogen and oxygen atoms in total. The van der Waals surface area contributed by atoms with Crippen molar-refractivity contribution < 1.29 is 8.42 Å². The molecule has 0 atom stereocenters. The summed E-state index contributed by atoms with van der Waals surface area (Å²) in [6.07, 6.45) is 1.90. The highest BCUT2D eigenvalue weighted by Crippen LogP contribution is 2.21. The van der Waals surface area contributed by atoms with Gasteiger partial charge in [-0.15, -0.1) is 11.3 Å². The number of hydrogen-bond donors (Lipinski definition) is 2. The number of thiophene rings is 1. The summed E-state index contributed by atoms with van der Waals surface area (Å²) in [5.41, 5.74) is 0. The second-order valence-electron chi connectivity index (χ2n) is 4.97. The summed E-state index contributed by atoms with van der Waals surface area (Å²) >= 11 is 1.48. The van der Waals surface area contributed by atoms with Crippen LogP contribution in [0.25, 0.3) is 0 Å². The van der Waals surface area contributed by atoms with Crippen molar-refractivity contribution in [2.24, 2.45) is 5.92 Å². The Morgan fingerprint density at radius 1 is 1.32 bits per heavy atom. The van der Waals surface area contributed by atoms with Crippen LogP contribution >= 0.6 is 11.3 Å². The van der Waals surface area contributed by atoms with Gasteiger partial charge in [0.05, 0.1) is 4.90 Å². The fraction of sp³-hybridized carbons (Fsp3) is 0.692. The molecule has 6 heteroatoms. The molecule has 19 heavy (non-hydrogen) atoms. The molecule has 1 rings (SSSR count). The van der Waals surface area contributed by atoms with Crippen molar-refractivity contribution in [2.75, 3.05) is 13.1 Å². The molecule has 1 heterocycles. The highest BCUT2D eigenvalue weighted by molar-refractivity contribution is 7.89. The van der Waals surface area contributed by atoms with Gasteiger partial charge in [-0.1, -0.05) is 20.8 Å². The number of sulfonamides is 1. The second kappa shape index (κ2) is 7.99. The average Bonchev–Trinajstić information content (AvgIpc) is 2.77. The van der Waals surface area contributed by atoms with Crippen molar-refractivity contribution in [3.05, 3.63) is 16.3 Å². The summed E-state index contributed by atoms with van der Waals surface area (Å²) in [5, 5.41) is 5.08. The molecule has 1 aromatic heterocycles. The highest BCUT2D eigenvalue weighted by Gasteiger charge is 2.18. The minimum absolute atomic E-state index is 0.421. The first-order chi connectivity index (χ1) is 8.97. The molecule has 1 aromatic rings. The van der Waals surface area contributed by atoms with Gasteiger partial charge in [-0.3, -0.25) is 0 Å². The smallest absolute Gasteiger partial charge is 0.241 e. The summed E-state index contributed by atoms with van der Waals surface area (Å²) < 4.78 is 27.1. The predicted octanol–water partition coefficient (Wildman–Crippen LogP) is 2.57. The molecule has 0 aromatic carbocycles. The van der Waals surface area contributed by atoms with Gasteiger partial charge in [0.25, 0.3) is 0 Å². The van der Waals surface area contributed by atoms with Gasteiger partial charge in [0, 0.05) is 18.0 Å². The van der Waals surface area contributed by atoms with Gasteiger partial charge in [0.15, 0.2) is 0 Å². The van der Waals surface area contributed by atoms with E-state index in [9.17, 15) is 8.42 Å². The summed E-state index contributed by atoms with van der Waals surface area (Å²) in [5.74, 6) is 0.496. The minimum Gasteiger partial charge on any atom is -0.312 e. The largest absolute Gasteiger partial charge is 0.312 e. The summed E-state index contributed by atoms with van der Waals surface area (Å²) in [6.45, 7) is 8.27. The molecule has 0 bridgehead atoms. The Labute approximate surface area is 120 Å². The lowest BCUT2D eigenvalue weighted by molar-refractivity contribution is 0.550. The molecule has 0 aliphatic rings. The van der Waals surface area contributed by atoms with Crippen LogP contribution in [-0.2, 0) is 16.6 Å². The maximum Gasteiger partial charge on any atom is 0.241 e. The monoisotopic (exact) mass is 304 g/mol. The minimum atomic E-state index is -3.36. The van der Waals surface area contributed by atoms with E-state index in [4.69, 9.17) is 0 Å². The van der Waals surface area contributed by atoms with Crippen molar-refractivity contribution >= 4 is 21.4 Å². The molecule has 0 saturated heterocycles. The van der Waals surface area contributed by atoms with Gasteiger partial charge >= 0.3 is 0 Å². The van der Waals surface area contributed by atoms with Crippen LogP contribution in [0.15, 0.2) is 16.3 Å². The number of nitrogens with one attached hydrogen (secondary N) is 2. The molecular weight excluding hydrogens is 280 g/mol. The van der Waals surface area contributed by atoms with Crippen LogP contribution in [0.2, 0.25) is 0 Å². The van der Waals surface area contributed by atoms with E-state index in [1.165, 1.54) is 11.3 Å². The molecule has 0 amide bonds. The van der Waals surface area contributed by atoms with Crippen LogP contribution < -0.4 is 10.0 Å². The molecule has 0 aliphatic heterocycles. The van der Waals surface area contributed by atoms with Gasteiger partial charge in [-0.2, -0.15) is 0 Å². The zero-order valence-electron chi connectivity index (χ0n) is 11.9. The van der Waals surface area contributed by atoms with E-state index in [0.29, 0.717) is 23.9 Å². The van der Waals surface area contributed by atoms with Gasteiger partial charge < -0.3 is 5.32 Å². The topological polar surface area (TPSA) is 58.2 Å². The second-order valence-corrected chi connectivity index (χ2v) is 7.70. The first-order valence-electron chi connectivity index (χ1n) is 6.74. The van der Waals surface area contributed by atoms with Gasteiger partial charge in [0.1, 0.15) is 0 Å². The Kier molecular flexibility index (Phi) is 6.99. The Balaban J connectivity index is 2.64. The summed E-state index contributed by atoms with van der Waals surface area (Å²) in [7, 11) is -3.36. The van der Waals surface area contributed by atoms with Crippen molar-refractivity contribution in [3.63, 3.8) is 0 Å². The molecular formula is C13H24N2O2S2. The van der Waals surface area contributed by atoms with E-state index in [1.807, 2.05) is 5.38 Å². The third-order valence-corrected chi connectivity index (χ3v) is 5.32. The quantitative estimate of drug-likeness (QED) is 0.689. The maximum atomic E-state index is 12.2. The molecule has 110 valence electrons. The first-order valence-corrected chi connectivity index (χ1v) is 9.10. The molecule has 2 N–H and O–H groups in total. The Morgan fingerprint density at radius 3 is 2.68 bits per heavy atom. The van der Waals surface area contributed by atoms with E-state index in [0.717, 1.165) is 24.3 Å². The third kappa shape index (κ3) is 5.60. The van der Waals surface area contributed by atoms with Gasteiger partial charge in [-0.25, -0.2) is 13.1 Å². The standard InChI is InChI=1S/C13H24N2O2S2/c1-4-7-14-10-12-13(6-9-18-12)19(16,17)15-8-5-11(2)3/h6,9,11,14-15H,4-5,7-8,10H2,1-3H3. The fourth-order valence-electron chi connectivity index (χ4n) is 1.64. The van der Waals surface area contributed by atoms with Crippen molar-refractivity contribution in [2.45, 2.75) is 45.1 Å². The Morgan fingerprint density at radius 2 is 2.05 bits per heavy atom. The number of rotatable bonds is 9. The molecule has 0 radical (unpaired) electrons. The Bertz CT molecular complexity index is 467. The first kappa shape index (κ1) is 16.6. The van der Waals surface area contributed by atoms with E-state index < -0.39 is 10.0 Å². The molecule has 0 aliphatic carbocycles. The lowest BCUT2D eigenvalue weighted by Gasteiger charge is -2.09. The van der Waals surface area contributed by atoms with E-state index in [-0.39, 0.29) is 0 Å². The van der Waals surface area contributed by atoms with Crippen molar-refractivity contribution in [1.82, 2.24) is 10.0 Å². The number of hydrogen-bond acceptors (Lipinski definition) is 4. The van der Waals surface area contributed by atoms with E-state index in [2.05, 4.69) is 30.8 Å². The maximum absolute atomic E-state index is 12.2. The zero-order chi connectivity index (χ0) is 14.3. The van der Waals surface area contributed by atoms with E-state index in [1.54, 1.807) is 6.07 Å². The van der Waals surface area contributed by atoms with Crippen LogP contribution in [-0.4, -0.2) is 21.5 Å². The SMILES string of the molecule is CCCNCc1sccc1S(=O)(=O)NCCC(C)C. The lowest BCUT2D eigenvalue weighted by Crippen LogP contribution is -2.26. The lowest BCUT2D eigenvalue weighted by atomic mass is 10.1. The summed E-state index contributed by atoms with van der Waals surface area (Å²) in [6, 6.07) is 1.69. The van der Waals surface area contributed by atoms with Gasteiger partial charge in [0.2, 0.25) is 10.0 Å². The van der Waals surface area contributed by atoms with Crippen LogP contribution in [0, 0.1) is 5.92 Å². The fourth-order valence-corrected chi connectivity index (χ4v) is 4.09. The van der Waals surface area contributed by atoms with Crippen LogP contribution in [0.3, 0.4) is 0 Å². The highest BCUT2D eigenvalue weighted by atomic mass is 32.2. The molecule has 0 saturated carbocycles. The molecule has 0 unspecified atom stereocenters. The third-order valence-electron chi connectivity index (χ3n) is 2.72. The van der Waals surface area contributed by atoms with Crippen LogP contribution in [0.5, 0.6) is 0 Å². The predicted molar refractivity (Wildman–Crippen MR) is 81.0 cm³/mol. The van der Waals surface area contributed by atoms with Crippen LogP contribution in [0.4, 0.5) is 0 Å². The zero-order valence-corrected chi connectivity index (χ0v) is 13.5. The van der Waals surface area contributed by atoms with Crippen molar-refractivity contribution in [1.29, 1.82) is 0 Å². The molecule has 0 fully saturated rings. The normalized spacial score (nSPS) is 12.2. The Hall–Kier alpha value is -0.430. The van der Waals surface area contributed by atoms with Crippen molar-refractivity contribution in [3.8, 4) is 0 Å². The summed E-state index contributed by atoms with van der Waals surface area (Å²) in [4.78, 5) is 1.30. The average molecular weight is 304 g/mol. The van der Waals surface area contributed by atoms with Gasteiger partial charge in [-0.05, 0) is 36.8 Å². The van der Waals surface area contributed by atoms with Crippen LogP contribution in [0.1, 0.15) is 38.5 Å². The molecule has 0 spiro atoms.